The van der Waals surface area contributed by atoms with Gasteiger partial charge in [0.2, 0.25) is 5.91 Å². The highest BCUT2D eigenvalue weighted by Gasteiger charge is 2.43. The van der Waals surface area contributed by atoms with Crippen molar-refractivity contribution in [3.05, 3.63) is 52.7 Å². The number of hydrogen-bond donors (Lipinski definition) is 1. The van der Waals surface area contributed by atoms with E-state index in [1.807, 2.05) is 0 Å². The summed E-state index contributed by atoms with van der Waals surface area (Å²) in [6.07, 6.45) is 5.93. The second kappa shape index (κ2) is 8.54. The van der Waals surface area contributed by atoms with Gasteiger partial charge in [0.25, 0.3) is 0 Å². The highest BCUT2D eigenvalue weighted by Crippen LogP contribution is 2.38. The fourth-order valence-corrected chi connectivity index (χ4v) is 3.97. The maximum atomic E-state index is 14.1. The maximum absolute atomic E-state index is 14.1. The molecule has 5 nitrogen and oxygen atoms in total. The van der Waals surface area contributed by atoms with Crippen LogP contribution in [0, 0.1) is 43.7 Å². The van der Waals surface area contributed by atoms with E-state index in [1.165, 1.54) is 0 Å². The molecule has 0 spiro atoms. The molecular formula is C23H20F2N2O3. The average molecular weight is 410 g/mol. The van der Waals surface area contributed by atoms with Crippen molar-refractivity contribution in [2.75, 3.05) is 6.54 Å². The van der Waals surface area contributed by atoms with Gasteiger partial charge in [-0.25, -0.2) is 8.78 Å². The normalized spacial score (nSPS) is 18.4. The minimum atomic E-state index is -0.962. The second-order valence-corrected chi connectivity index (χ2v) is 7.40. The highest BCUT2D eigenvalue weighted by molar-refractivity contribution is 6.15. The van der Waals surface area contributed by atoms with E-state index < -0.39 is 23.5 Å². The van der Waals surface area contributed by atoms with Gasteiger partial charge in [-0.2, -0.15) is 0 Å². The molecule has 1 amide bonds. The third-order valence-electron chi connectivity index (χ3n) is 5.24. The zero-order valence-corrected chi connectivity index (χ0v) is 16.6. The number of aryl methyl sites for hydroxylation is 2. The lowest BCUT2D eigenvalue weighted by atomic mass is 9.85. The SMILES string of the molecule is C#CCNC(=O)CC1CC(=O)C(c2c(C)cc(-c3ncc(F)cc3F)cc2C)C1=O. The molecule has 1 aliphatic carbocycles. The predicted molar refractivity (Wildman–Crippen MR) is 106 cm³/mol. The first-order valence-electron chi connectivity index (χ1n) is 9.42. The Morgan fingerprint density at radius 3 is 2.50 bits per heavy atom. The van der Waals surface area contributed by atoms with Crippen LogP contribution in [0.3, 0.4) is 0 Å². The van der Waals surface area contributed by atoms with Crippen molar-refractivity contribution in [2.24, 2.45) is 5.92 Å². The van der Waals surface area contributed by atoms with Gasteiger partial charge in [0.1, 0.15) is 23.2 Å². The van der Waals surface area contributed by atoms with Crippen molar-refractivity contribution in [3.8, 4) is 23.6 Å². The number of benzene rings is 1. The molecule has 2 aromatic rings. The number of terminal acetylenes is 1. The molecule has 0 bridgehead atoms. The Morgan fingerprint density at radius 1 is 1.23 bits per heavy atom. The molecule has 1 fully saturated rings. The molecule has 2 atom stereocenters. The lowest BCUT2D eigenvalue weighted by molar-refractivity contribution is -0.128. The molecule has 1 N–H and O–H groups in total. The number of pyridine rings is 1. The Kier molecular flexibility index (Phi) is 6.06. The monoisotopic (exact) mass is 410 g/mol. The zero-order valence-electron chi connectivity index (χ0n) is 16.6. The molecule has 0 radical (unpaired) electrons. The summed E-state index contributed by atoms with van der Waals surface area (Å²) in [6, 6.07) is 4.00. The summed E-state index contributed by atoms with van der Waals surface area (Å²) < 4.78 is 27.3. The number of aromatic nitrogens is 1. The Balaban J connectivity index is 1.90. The van der Waals surface area contributed by atoms with E-state index >= 15 is 0 Å². The zero-order chi connectivity index (χ0) is 22.0. The lowest BCUT2D eigenvalue weighted by Gasteiger charge is -2.17. The van der Waals surface area contributed by atoms with Gasteiger partial charge in [-0.1, -0.05) is 5.92 Å². The second-order valence-electron chi connectivity index (χ2n) is 7.40. The van der Waals surface area contributed by atoms with Crippen LogP contribution >= 0.6 is 0 Å². The van der Waals surface area contributed by atoms with E-state index in [1.54, 1.807) is 26.0 Å². The number of ketones is 2. The first kappa shape index (κ1) is 21.3. The van der Waals surface area contributed by atoms with Gasteiger partial charge < -0.3 is 5.32 Å². The van der Waals surface area contributed by atoms with Crippen LogP contribution in [0.4, 0.5) is 8.78 Å². The van der Waals surface area contributed by atoms with Crippen LogP contribution in [0.5, 0.6) is 0 Å². The van der Waals surface area contributed by atoms with Crippen LogP contribution in [0.1, 0.15) is 35.4 Å². The molecule has 1 heterocycles. The summed E-state index contributed by atoms with van der Waals surface area (Å²) in [7, 11) is 0. The summed E-state index contributed by atoms with van der Waals surface area (Å²) in [5, 5.41) is 2.50. The molecule has 1 aromatic heterocycles. The molecule has 3 rings (SSSR count). The smallest absolute Gasteiger partial charge is 0.221 e. The van der Waals surface area contributed by atoms with Crippen molar-refractivity contribution in [2.45, 2.75) is 32.6 Å². The van der Waals surface area contributed by atoms with Gasteiger partial charge in [0.05, 0.1) is 12.7 Å². The van der Waals surface area contributed by atoms with Crippen molar-refractivity contribution in [1.82, 2.24) is 10.3 Å². The number of hydrogen-bond acceptors (Lipinski definition) is 4. The predicted octanol–water partition coefficient (Wildman–Crippen LogP) is 3.02. The summed E-state index contributed by atoms with van der Waals surface area (Å²) in [5.74, 6) is -1.88. The molecule has 1 aliphatic rings. The molecule has 154 valence electrons. The minimum absolute atomic E-state index is 0.0122. The Hall–Kier alpha value is -3.40. The fraction of sp³-hybridized carbons (Fsp3) is 0.304. The third kappa shape index (κ3) is 4.13. The van der Waals surface area contributed by atoms with Gasteiger partial charge in [-0.3, -0.25) is 19.4 Å². The number of rotatable bonds is 5. The lowest BCUT2D eigenvalue weighted by Crippen LogP contribution is -2.27. The summed E-state index contributed by atoms with van der Waals surface area (Å²) in [5.41, 5.74) is 2.22. The molecule has 2 unspecified atom stereocenters. The molecule has 30 heavy (non-hydrogen) atoms. The minimum Gasteiger partial charge on any atom is -0.345 e. The first-order chi connectivity index (χ1) is 14.2. The van der Waals surface area contributed by atoms with Gasteiger partial charge in [-0.15, -0.1) is 6.42 Å². The topological polar surface area (TPSA) is 76.1 Å². The average Bonchev–Trinajstić information content (AvgIpc) is 2.93. The standard InChI is InChI=1S/C23H20F2N2O3/c1-4-5-26-19(29)9-15-8-18(28)21(23(15)30)20-12(2)6-14(7-13(20)3)22-17(25)10-16(24)11-27-22/h1,6-7,10-11,15,21H,5,8-9H2,2-3H3,(H,26,29). The number of carbonyl (C=O) groups excluding carboxylic acids is 3. The maximum Gasteiger partial charge on any atom is 0.221 e. The number of amides is 1. The molecule has 1 aromatic carbocycles. The molecule has 7 heteroatoms. The van der Waals surface area contributed by atoms with Crippen LogP contribution in [0.25, 0.3) is 11.3 Å². The number of nitrogens with zero attached hydrogens (tertiary/aromatic N) is 1. The Labute approximate surface area is 172 Å². The number of Topliss-reactive ketones (excluding diaryl/α,β-unsaturated/α-hetero) is 2. The molecule has 1 saturated carbocycles. The first-order valence-corrected chi connectivity index (χ1v) is 9.42. The highest BCUT2D eigenvalue weighted by atomic mass is 19.1. The van der Waals surface area contributed by atoms with Crippen LogP contribution in [0.15, 0.2) is 24.4 Å². The molecule has 0 saturated heterocycles. The Morgan fingerprint density at radius 2 is 1.90 bits per heavy atom. The largest absolute Gasteiger partial charge is 0.345 e. The van der Waals surface area contributed by atoms with Crippen LogP contribution < -0.4 is 5.32 Å². The van der Waals surface area contributed by atoms with E-state index in [-0.39, 0.29) is 42.6 Å². The van der Waals surface area contributed by atoms with Crippen LogP contribution in [0.2, 0.25) is 0 Å². The van der Waals surface area contributed by atoms with E-state index in [0.717, 1.165) is 12.3 Å². The van der Waals surface area contributed by atoms with E-state index in [0.29, 0.717) is 22.3 Å². The summed E-state index contributed by atoms with van der Waals surface area (Å²) >= 11 is 0. The van der Waals surface area contributed by atoms with E-state index in [2.05, 4.69) is 16.2 Å². The van der Waals surface area contributed by atoms with Gasteiger partial charge >= 0.3 is 0 Å². The quantitative estimate of drug-likeness (QED) is 0.607. The number of halogens is 2. The fourth-order valence-electron chi connectivity index (χ4n) is 3.97. The number of carbonyl (C=O) groups is 3. The van der Waals surface area contributed by atoms with Crippen molar-refractivity contribution < 1.29 is 23.2 Å². The van der Waals surface area contributed by atoms with Crippen molar-refractivity contribution in [1.29, 1.82) is 0 Å². The van der Waals surface area contributed by atoms with E-state index in [4.69, 9.17) is 6.42 Å². The summed E-state index contributed by atoms with van der Waals surface area (Å²) in [6.45, 7) is 3.51. The number of nitrogens with one attached hydrogen (secondary N) is 1. The van der Waals surface area contributed by atoms with Crippen molar-refractivity contribution in [3.63, 3.8) is 0 Å². The van der Waals surface area contributed by atoms with Gasteiger partial charge in [0, 0.05) is 30.4 Å². The van der Waals surface area contributed by atoms with Gasteiger partial charge in [-0.05, 0) is 42.7 Å². The van der Waals surface area contributed by atoms with E-state index in [9.17, 15) is 23.2 Å². The Bertz CT molecular complexity index is 1070. The third-order valence-corrected chi connectivity index (χ3v) is 5.24. The molecular weight excluding hydrogens is 390 g/mol. The molecule has 0 aliphatic heterocycles. The van der Waals surface area contributed by atoms with Crippen LogP contribution in [-0.2, 0) is 14.4 Å². The summed E-state index contributed by atoms with van der Waals surface area (Å²) in [4.78, 5) is 41.3. The van der Waals surface area contributed by atoms with Crippen LogP contribution in [-0.4, -0.2) is 29.0 Å². The van der Waals surface area contributed by atoms with Crippen molar-refractivity contribution >= 4 is 17.5 Å². The van der Waals surface area contributed by atoms with Gasteiger partial charge in [0.15, 0.2) is 11.6 Å².